The minimum Gasteiger partial charge on any atom is -0.355 e. The molecule has 4 heterocycles. The van der Waals surface area contributed by atoms with Crippen molar-refractivity contribution >= 4 is 44.7 Å². The molecule has 1 fully saturated rings. The van der Waals surface area contributed by atoms with Crippen LogP contribution in [0.4, 0.5) is 11.4 Å². The van der Waals surface area contributed by atoms with E-state index in [0.29, 0.717) is 11.2 Å². The maximum absolute atomic E-state index is 4.69. The van der Waals surface area contributed by atoms with E-state index in [9.17, 15) is 0 Å². The van der Waals surface area contributed by atoms with Crippen LogP contribution in [0.25, 0.3) is 10.2 Å². The molecule has 6 heteroatoms. The summed E-state index contributed by atoms with van der Waals surface area (Å²) in [6.45, 7) is 5.98. The third-order valence-corrected chi connectivity index (χ3v) is 8.59. The summed E-state index contributed by atoms with van der Waals surface area (Å²) in [6, 6.07) is 8.53. The number of benzene rings is 1. The van der Waals surface area contributed by atoms with Gasteiger partial charge in [0.1, 0.15) is 5.03 Å². The van der Waals surface area contributed by atoms with Crippen LogP contribution in [0.15, 0.2) is 41.0 Å². The van der Waals surface area contributed by atoms with Crippen LogP contribution < -0.4 is 5.32 Å². The van der Waals surface area contributed by atoms with E-state index in [1.165, 1.54) is 33.9 Å². The highest BCUT2D eigenvalue weighted by Gasteiger charge is 2.45. The van der Waals surface area contributed by atoms with Crippen molar-refractivity contribution in [3.8, 4) is 0 Å². The second-order valence-electron chi connectivity index (χ2n) is 8.13. The quantitative estimate of drug-likeness (QED) is 0.660. The lowest BCUT2D eigenvalue weighted by molar-refractivity contribution is 0.170. The number of nitrogens with zero attached hydrogens (tertiary/aromatic N) is 3. The molecule has 27 heavy (non-hydrogen) atoms. The molecule has 5 rings (SSSR count). The van der Waals surface area contributed by atoms with Crippen molar-refractivity contribution in [3.05, 3.63) is 41.5 Å². The van der Waals surface area contributed by atoms with Crippen LogP contribution in [-0.4, -0.2) is 39.2 Å². The predicted molar refractivity (Wildman–Crippen MR) is 115 cm³/mol. The molecule has 0 spiro atoms. The largest absolute Gasteiger partial charge is 0.355 e. The summed E-state index contributed by atoms with van der Waals surface area (Å²) in [7, 11) is 2.26. The highest BCUT2D eigenvalue weighted by molar-refractivity contribution is 8.00. The van der Waals surface area contributed by atoms with Gasteiger partial charge in [0.25, 0.3) is 0 Å². The molecule has 0 amide bonds. The van der Waals surface area contributed by atoms with Crippen LogP contribution in [0.5, 0.6) is 0 Å². The number of fused-ring (bicyclic) bond motifs is 2. The van der Waals surface area contributed by atoms with Crippen molar-refractivity contribution in [2.45, 2.75) is 42.5 Å². The van der Waals surface area contributed by atoms with Gasteiger partial charge in [-0.3, -0.25) is 0 Å². The van der Waals surface area contributed by atoms with Crippen molar-refractivity contribution in [1.82, 2.24) is 14.9 Å². The molecule has 2 aliphatic heterocycles. The molecule has 1 unspecified atom stereocenters. The summed E-state index contributed by atoms with van der Waals surface area (Å²) in [5, 5.41) is 5.43. The lowest BCUT2D eigenvalue weighted by Crippen LogP contribution is -2.43. The smallest absolute Gasteiger partial charge is 0.102 e. The molecule has 3 aromatic rings. The van der Waals surface area contributed by atoms with Crippen LogP contribution in [0.1, 0.15) is 25.8 Å². The molecule has 4 nitrogen and oxygen atoms in total. The maximum Gasteiger partial charge on any atom is 0.102 e. The Morgan fingerprint density at radius 3 is 2.93 bits per heavy atom. The number of hydrogen-bond donors (Lipinski definition) is 1. The Hall–Kier alpha value is -1.63. The summed E-state index contributed by atoms with van der Waals surface area (Å²) in [5.74, 6) is 0.695. The van der Waals surface area contributed by atoms with Gasteiger partial charge in [0.15, 0.2) is 0 Å². The number of thioether (sulfide) groups is 1. The van der Waals surface area contributed by atoms with Crippen molar-refractivity contribution in [2.75, 3.05) is 18.9 Å². The zero-order chi connectivity index (χ0) is 18.6. The monoisotopic (exact) mass is 396 g/mol. The van der Waals surface area contributed by atoms with E-state index in [1.807, 2.05) is 23.5 Å². The SMILES string of the molecule is CN1CC[C@@H](C2Cc3c(Nc4ccc5scnc5c4)ccnc3S2)C1(C)C. The third kappa shape index (κ3) is 2.94. The summed E-state index contributed by atoms with van der Waals surface area (Å²) < 4.78 is 1.23. The molecule has 140 valence electrons. The molecule has 2 aromatic heterocycles. The van der Waals surface area contributed by atoms with Crippen LogP contribution in [-0.2, 0) is 6.42 Å². The maximum atomic E-state index is 4.69. The first-order valence-electron chi connectivity index (χ1n) is 9.48. The number of nitrogens with one attached hydrogen (secondary N) is 1. The molecule has 0 aliphatic carbocycles. The first-order valence-corrected chi connectivity index (χ1v) is 11.2. The molecule has 1 N–H and O–H groups in total. The second kappa shape index (κ2) is 6.47. The molecule has 2 aliphatic rings. The fourth-order valence-electron chi connectivity index (χ4n) is 4.49. The average molecular weight is 397 g/mol. The van der Waals surface area contributed by atoms with Gasteiger partial charge in [-0.25, -0.2) is 9.97 Å². The van der Waals surface area contributed by atoms with E-state index < -0.39 is 0 Å². The van der Waals surface area contributed by atoms with E-state index >= 15 is 0 Å². The van der Waals surface area contributed by atoms with Gasteiger partial charge in [0.2, 0.25) is 0 Å². The number of rotatable bonds is 3. The lowest BCUT2D eigenvalue weighted by Gasteiger charge is -2.36. The van der Waals surface area contributed by atoms with Crippen molar-refractivity contribution in [2.24, 2.45) is 5.92 Å². The van der Waals surface area contributed by atoms with E-state index in [1.54, 1.807) is 11.3 Å². The fraction of sp³-hybridized carbons (Fsp3) is 0.429. The van der Waals surface area contributed by atoms with Crippen LogP contribution in [0.2, 0.25) is 0 Å². The van der Waals surface area contributed by atoms with Gasteiger partial charge in [0.05, 0.1) is 15.7 Å². The van der Waals surface area contributed by atoms with E-state index in [-0.39, 0.29) is 5.54 Å². The Labute approximate surface area is 168 Å². The number of likely N-dealkylation sites (tertiary alicyclic amines) is 1. The van der Waals surface area contributed by atoms with Crippen LogP contribution in [0.3, 0.4) is 0 Å². The molecule has 0 radical (unpaired) electrons. The molecular formula is C21H24N4S2. The molecule has 0 bridgehead atoms. The predicted octanol–water partition coefficient (Wildman–Crippen LogP) is 5.18. The number of thiazole rings is 1. The van der Waals surface area contributed by atoms with Gasteiger partial charge < -0.3 is 10.2 Å². The van der Waals surface area contributed by atoms with Gasteiger partial charge in [-0.15, -0.1) is 23.1 Å². The molecular weight excluding hydrogens is 372 g/mol. The lowest BCUT2D eigenvalue weighted by atomic mass is 9.83. The first kappa shape index (κ1) is 17.5. The normalized spacial score (nSPS) is 24.4. The van der Waals surface area contributed by atoms with Gasteiger partial charge in [0, 0.05) is 33.9 Å². The van der Waals surface area contributed by atoms with Gasteiger partial charge >= 0.3 is 0 Å². The zero-order valence-corrected chi connectivity index (χ0v) is 17.5. The van der Waals surface area contributed by atoms with E-state index in [2.05, 4.69) is 60.4 Å². The van der Waals surface area contributed by atoms with Crippen LogP contribution >= 0.6 is 23.1 Å². The minimum atomic E-state index is 0.253. The minimum absolute atomic E-state index is 0.253. The van der Waals surface area contributed by atoms with Crippen molar-refractivity contribution in [1.29, 1.82) is 0 Å². The highest BCUT2D eigenvalue weighted by Crippen LogP contribution is 2.49. The van der Waals surface area contributed by atoms with Crippen molar-refractivity contribution < 1.29 is 0 Å². The third-order valence-electron chi connectivity index (χ3n) is 6.41. The molecule has 0 saturated carbocycles. The van der Waals surface area contributed by atoms with E-state index in [4.69, 9.17) is 4.98 Å². The summed E-state index contributed by atoms with van der Waals surface area (Å²) in [6.07, 6.45) is 4.30. The second-order valence-corrected chi connectivity index (χ2v) is 10.2. The van der Waals surface area contributed by atoms with Gasteiger partial charge in [-0.1, -0.05) is 0 Å². The Morgan fingerprint density at radius 2 is 2.11 bits per heavy atom. The fourth-order valence-corrected chi connectivity index (χ4v) is 6.78. The Balaban J connectivity index is 1.41. The van der Waals surface area contributed by atoms with Gasteiger partial charge in [-0.05, 0) is 70.5 Å². The Bertz CT molecular complexity index is 997. The topological polar surface area (TPSA) is 41.0 Å². The molecule has 2 atom stereocenters. The van der Waals surface area contributed by atoms with Crippen molar-refractivity contribution in [3.63, 3.8) is 0 Å². The molecule has 1 saturated heterocycles. The average Bonchev–Trinajstić information content (AvgIpc) is 3.33. The standard InChI is InChI=1S/C21H24N4S2/c1-21(2)15(7-9-25(21)3)19-11-14-16(6-8-22-20(14)27-19)24-13-4-5-18-17(10-13)23-12-26-18/h4-6,8,10,12,15,19H,7,9,11H2,1-3H3,(H,22,24)/t15-,19?/m0/s1. The van der Waals surface area contributed by atoms with Gasteiger partial charge in [-0.2, -0.15) is 0 Å². The summed E-state index contributed by atoms with van der Waals surface area (Å²) in [4.78, 5) is 11.6. The number of aromatic nitrogens is 2. The summed E-state index contributed by atoms with van der Waals surface area (Å²) in [5.41, 5.74) is 6.86. The Morgan fingerprint density at radius 1 is 1.22 bits per heavy atom. The number of pyridine rings is 1. The first-order chi connectivity index (χ1) is 13.0. The highest BCUT2D eigenvalue weighted by atomic mass is 32.2. The number of anilines is 2. The van der Waals surface area contributed by atoms with E-state index in [0.717, 1.165) is 17.6 Å². The van der Waals surface area contributed by atoms with Crippen LogP contribution in [0, 0.1) is 5.92 Å². The Kier molecular flexibility index (Phi) is 4.18. The molecule has 1 aromatic carbocycles. The number of hydrogen-bond acceptors (Lipinski definition) is 6. The summed E-state index contributed by atoms with van der Waals surface area (Å²) >= 11 is 3.66. The zero-order valence-electron chi connectivity index (χ0n) is 15.9.